The van der Waals surface area contributed by atoms with E-state index in [-0.39, 0.29) is 18.0 Å². The predicted molar refractivity (Wildman–Crippen MR) is 52.8 cm³/mol. The second kappa shape index (κ2) is 5.98. The highest BCUT2D eigenvalue weighted by Gasteiger charge is 2.17. The van der Waals surface area contributed by atoms with Crippen LogP contribution in [0, 0.1) is 5.92 Å². The molecule has 4 nitrogen and oxygen atoms in total. The SMILES string of the molecule is CC(CN)CC(=O)OCC1CCCO1. The number of nitrogens with two attached hydrogens (primary N) is 1. The lowest BCUT2D eigenvalue weighted by molar-refractivity contribution is -0.147. The molecule has 82 valence electrons. The summed E-state index contributed by atoms with van der Waals surface area (Å²) < 4.78 is 10.4. The molecule has 1 aliphatic rings. The summed E-state index contributed by atoms with van der Waals surface area (Å²) >= 11 is 0. The molecule has 0 aromatic carbocycles. The lowest BCUT2D eigenvalue weighted by atomic mass is 10.1. The van der Waals surface area contributed by atoms with Gasteiger partial charge in [-0.15, -0.1) is 0 Å². The molecule has 1 rings (SSSR count). The molecule has 0 aromatic rings. The van der Waals surface area contributed by atoms with Crippen LogP contribution in [0.2, 0.25) is 0 Å². The summed E-state index contributed by atoms with van der Waals surface area (Å²) in [6, 6.07) is 0. The Hall–Kier alpha value is -0.610. The first-order valence-corrected chi connectivity index (χ1v) is 5.19. The van der Waals surface area contributed by atoms with Crippen LogP contribution in [0.4, 0.5) is 0 Å². The zero-order valence-corrected chi connectivity index (χ0v) is 8.70. The van der Waals surface area contributed by atoms with E-state index in [4.69, 9.17) is 15.2 Å². The second-order valence-electron chi connectivity index (χ2n) is 3.86. The van der Waals surface area contributed by atoms with E-state index in [0.717, 1.165) is 19.4 Å². The summed E-state index contributed by atoms with van der Waals surface area (Å²) in [5, 5.41) is 0. The number of hydrogen-bond donors (Lipinski definition) is 1. The first-order valence-electron chi connectivity index (χ1n) is 5.19. The molecule has 0 spiro atoms. The minimum absolute atomic E-state index is 0.118. The Balaban J connectivity index is 2.08. The second-order valence-corrected chi connectivity index (χ2v) is 3.86. The van der Waals surface area contributed by atoms with Gasteiger partial charge in [-0.25, -0.2) is 0 Å². The van der Waals surface area contributed by atoms with Gasteiger partial charge in [0, 0.05) is 13.0 Å². The average Bonchev–Trinajstić information content (AvgIpc) is 2.67. The highest BCUT2D eigenvalue weighted by atomic mass is 16.6. The van der Waals surface area contributed by atoms with Gasteiger partial charge in [0.05, 0.1) is 6.10 Å². The summed E-state index contributed by atoms with van der Waals surface area (Å²) in [6.45, 7) is 3.65. The van der Waals surface area contributed by atoms with Crippen LogP contribution in [0.1, 0.15) is 26.2 Å². The van der Waals surface area contributed by atoms with Crippen molar-refractivity contribution in [2.24, 2.45) is 11.7 Å². The predicted octanol–water partition coefficient (Wildman–Crippen LogP) is 0.694. The van der Waals surface area contributed by atoms with E-state index in [1.54, 1.807) is 0 Å². The zero-order chi connectivity index (χ0) is 10.4. The Bertz CT molecular complexity index is 178. The molecule has 0 amide bonds. The van der Waals surface area contributed by atoms with Crippen LogP contribution < -0.4 is 5.73 Å². The van der Waals surface area contributed by atoms with Crippen molar-refractivity contribution in [1.29, 1.82) is 0 Å². The minimum Gasteiger partial charge on any atom is -0.463 e. The van der Waals surface area contributed by atoms with E-state index in [1.807, 2.05) is 6.92 Å². The molecule has 1 aliphatic heterocycles. The Kier molecular flexibility index (Phi) is 4.90. The molecule has 1 fully saturated rings. The van der Waals surface area contributed by atoms with Gasteiger partial charge in [0.25, 0.3) is 0 Å². The molecule has 2 N–H and O–H groups in total. The molecule has 0 radical (unpaired) electrons. The molecule has 1 saturated heterocycles. The topological polar surface area (TPSA) is 61.6 Å². The highest BCUT2D eigenvalue weighted by Crippen LogP contribution is 2.12. The smallest absolute Gasteiger partial charge is 0.306 e. The van der Waals surface area contributed by atoms with Crippen LogP contribution in [-0.4, -0.2) is 31.8 Å². The zero-order valence-electron chi connectivity index (χ0n) is 8.70. The normalized spacial score (nSPS) is 23.4. The van der Waals surface area contributed by atoms with Gasteiger partial charge < -0.3 is 15.2 Å². The number of ether oxygens (including phenoxy) is 2. The maximum absolute atomic E-state index is 11.2. The lowest BCUT2D eigenvalue weighted by Crippen LogP contribution is -2.21. The summed E-state index contributed by atoms with van der Waals surface area (Å²) in [6.07, 6.45) is 2.59. The van der Waals surface area contributed by atoms with Gasteiger partial charge in [-0.3, -0.25) is 4.79 Å². The summed E-state index contributed by atoms with van der Waals surface area (Å²) in [5.74, 6) is 0.0328. The molecule has 0 aromatic heterocycles. The molecule has 2 atom stereocenters. The first-order chi connectivity index (χ1) is 6.72. The van der Waals surface area contributed by atoms with E-state index in [9.17, 15) is 4.79 Å². The van der Waals surface area contributed by atoms with Crippen LogP contribution in [-0.2, 0) is 14.3 Å². The van der Waals surface area contributed by atoms with Crippen LogP contribution in [0.15, 0.2) is 0 Å². The van der Waals surface area contributed by atoms with Crippen molar-refractivity contribution in [2.75, 3.05) is 19.8 Å². The van der Waals surface area contributed by atoms with Crippen LogP contribution in [0.3, 0.4) is 0 Å². The number of rotatable bonds is 5. The van der Waals surface area contributed by atoms with E-state index in [1.165, 1.54) is 0 Å². The van der Waals surface area contributed by atoms with Crippen LogP contribution >= 0.6 is 0 Å². The van der Waals surface area contributed by atoms with E-state index in [0.29, 0.717) is 19.6 Å². The molecule has 14 heavy (non-hydrogen) atoms. The highest BCUT2D eigenvalue weighted by molar-refractivity contribution is 5.69. The molecule has 2 unspecified atom stereocenters. The molecular weight excluding hydrogens is 182 g/mol. The Morgan fingerprint density at radius 1 is 1.71 bits per heavy atom. The number of carbonyl (C=O) groups excluding carboxylic acids is 1. The fraction of sp³-hybridized carbons (Fsp3) is 0.900. The lowest BCUT2D eigenvalue weighted by Gasteiger charge is -2.11. The molecule has 1 heterocycles. The minimum atomic E-state index is -0.168. The molecule has 0 bridgehead atoms. The standard InChI is InChI=1S/C10H19NO3/c1-8(6-11)5-10(12)14-7-9-3-2-4-13-9/h8-9H,2-7,11H2,1H3. The largest absolute Gasteiger partial charge is 0.463 e. The third kappa shape index (κ3) is 4.07. The third-order valence-electron chi connectivity index (χ3n) is 2.37. The molecule has 0 saturated carbocycles. The van der Waals surface area contributed by atoms with Gasteiger partial charge in [0.1, 0.15) is 6.61 Å². The monoisotopic (exact) mass is 201 g/mol. The fourth-order valence-corrected chi connectivity index (χ4v) is 1.39. The molecular formula is C10H19NO3. The number of esters is 1. The van der Waals surface area contributed by atoms with Gasteiger partial charge >= 0.3 is 5.97 Å². The van der Waals surface area contributed by atoms with E-state index < -0.39 is 0 Å². The van der Waals surface area contributed by atoms with Gasteiger partial charge in [-0.1, -0.05) is 6.92 Å². The van der Waals surface area contributed by atoms with E-state index >= 15 is 0 Å². The number of hydrogen-bond acceptors (Lipinski definition) is 4. The Morgan fingerprint density at radius 3 is 3.07 bits per heavy atom. The fourth-order valence-electron chi connectivity index (χ4n) is 1.39. The molecule has 4 heteroatoms. The average molecular weight is 201 g/mol. The van der Waals surface area contributed by atoms with Crippen molar-refractivity contribution in [2.45, 2.75) is 32.3 Å². The number of carbonyl (C=O) groups is 1. The summed E-state index contributed by atoms with van der Waals surface area (Å²) in [5.41, 5.74) is 5.41. The quantitative estimate of drug-likeness (QED) is 0.665. The van der Waals surface area contributed by atoms with Crippen molar-refractivity contribution in [3.63, 3.8) is 0 Å². The van der Waals surface area contributed by atoms with Crippen LogP contribution in [0.25, 0.3) is 0 Å². The third-order valence-corrected chi connectivity index (χ3v) is 2.37. The van der Waals surface area contributed by atoms with Crippen LogP contribution in [0.5, 0.6) is 0 Å². The van der Waals surface area contributed by atoms with Crippen molar-refractivity contribution < 1.29 is 14.3 Å². The maximum atomic E-state index is 11.2. The Morgan fingerprint density at radius 2 is 2.50 bits per heavy atom. The van der Waals surface area contributed by atoms with Crippen molar-refractivity contribution in [3.05, 3.63) is 0 Å². The first kappa shape index (κ1) is 11.5. The molecule has 0 aliphatic carbocycles. The van der Waals surface area contributed by atoms with E-state index in [2.05, 4.69) is 0 Å². The van der Waals surface area contributed by atoms with Gasteiger partial charge in [-0.2, -0.15) is 0 Å². The van der Waals surface area contributed by atoms with Crippen molar-refractivity contribution >= 4 is 5.97 Å². The Labute approximate surface area is 84.7 Å². The maximum Gasteiger partial charge on any atom is 0.306 e. The van der Waals surface area contributed by atoms with Gasteiger partial charge in [0.2, 0.25) is 0 Å². The van der Waals surface area contributed by atoms with Gasteiger partial charge in [-0.05, 0) is 25.3 Å². The summed E-state index contributed by atoms with van der Waals surface area (Å²) in [4.78, 5) is 11.2. The summed E-state index contributed by atoms with van der Waals surface area (Å²) in [7, 11) is 0. The van der Waals surface area contributed by atoms with Gasteiger partial charge in [0.15, 0.2) is 0 Å². The van der Waals surface area contributed by atoms with Crippen molar-refractivity contribution in [1.82, 2.24) is 0 Å². The van der Waals surface area contributed by atoms with Crippen molar-refractivity contribution in [3.8, 4) is 0 Å².